The Bertz CT molecular complexity index is 556. The van der Waals surface area contributed by atoms with Crippen molar-refractivity contribution in [2.75, 3.05) is 6.61 Å². The third-order valence-corrected chi connectivity index (χ3v) is 4.81. The normalized spacial score (nSPS) is 11.7. The van der Waals surface area contributed by atoms with Crippen LogP contribution < -0.4 is 4.74 Å². The number of rotatable bonds is 11. The van der Waals surface area contributed by atoms with Crippen molar-refractivity contribution in [3.8, 4) is 5.75 Å². The van der Waals surface area contributed by atoms with Crippen molar-refractivity contribution >= 4 is 10.1 Å². The Balaban J connectivity index is 2.36. The number of aryl methyl sites for hydroxylation is 2. The molecule has 0 bridgehead atoms. The van der Waals surface area contributed by atoms with E-state index < -0.39 is 10.1 Å². The van der Waals surface area contributed by atoms with Gasteiger partial charge in [-0.2, -0.15) is 8.42 Å². The highest BCUT2D eigenvalue weighted by molar-refractivity contribution is 7.85. The molecule has 0 saturated carbocycles. The molecule has 0 aliphatic rings. The largest absolute Gasteiger partial charge is 0.493 e. The Morgan fingerprint density at radius 3 is 1.87 bits per heavy atom. The van der Waals surface area contributed by atoms with Gasteiger partial charge in [0.15, 0.2) is 0 Å². The maximum absolute atomic E-state index is 11.2. The maximum atomic E-state index is 11.2. The highest BCUT2D eigenvalue weighted by Crippen LogP contribution is 2.27. The van der Waals surface area contributed by atoms with Crippen LogP contribution in [0.1, 0.15) is 69.4 Å². The minimum absolute atomic E-state index is 0.0769. The minimum Gasteiger partial charge on any atom is -0.493 e. The molecular formula is C18H30O4S. The van der Waals surface area contributed by atoms with E-state index in [1.165, 1.54) is 50.7 Å². The number of hydrogen-bond donors (Lipinski definition) is 1. The first-order chi connectivity index (χ1) is 10.9. The van der Waals surface area contributed by atoms with Crippen LogP contribution in [-0.2, 0) is 10.1 Å². The number of unbranched alkanes of at least 4 members (excludes halogenated alkanes) is 7. The third-order valence-electron chi connectivity index (χ3n) is 3.98. The van der Waals surface area contributed by atoms with E-state index in [1.54, 1.807) is 13.8 Å². The van der Waals surface area contributed by atoms with Crippen molar-refractivity contribution in [1.29, 1.82) is 0 Å². The molecule has 0 aromatic heterocycles. The molecule has 0 spiro atoms. The first kappa shape index (κ1) is 20.0. The Kier molecular flexibility index (Phi) is 8.63. The molecule has 1 rings (SSSR count). The summed E-state index contributed by atoms with van der Waals surface area (Å²) < 4.78 is 37.3. The molecule has 1 aromatic rings. The summed E-state index contributed by atoms with van der Waals surface area (Å²) >= 11 is 0. The Morgan fingerprint density at radius 1 is 0.913 bits per heavy atom. The molecule has 0 heterocycles. The smallest absolute Gasteiger partial charge is 0.294 e. The van der Waals surface area contributed by atoms with Crippen LogP contribution in [0.15, 0.2) is 17.0 Å². The van der Waals surface area contributed by atoms with E-state index in [4.69, 9.17) is 9.29 Å². The number of hydrogen-bond acceptors (Lipinski definition) is 3. The topological polar surface area (TPSA) is 63.6 Å². The molecule has 0 radical (unpaired) electrons. The van der Waals surface area contributed by atoms with Crippen molar-refractivity contribution in [3.05, 3.63) is 23.3 Å². The van der Waals surface area contributed by atoms with Gasteiger partial charge in [-0.05, 0) is 43.5 Å². The van der Waals surface area contributed by atoms with E-state index in [2.05, 4.69) is 6.92 Å². The molecule has 1 aromatic carbocycles. The first-order valence-electron chi connectivity index (χ1n) is 8.57. The van der Waals surface area contributed by atoms with Crippen molar-refractivity contribution < 1.29 is 17.7 Å². The van der Waals surface area contributed by atoms with Gasteiger partial charge >= 0.3 is 0 Å². The molecule has 0 fully saturated rings. The van der Waals surface area contributed by atoms with Crippen molar-refractivity contribution in [3.63, 3.8) is 0 Å². The molecule has 0 atom stereocenters. The third kappa shape index (κ3) is 7.36. The van der Waals surface area contributed by atoms with Crippen LogP contribution >= 0.6 is 0 Å². The summed E-state index contributed by atoms with van der Waals surface area (Å²) in [7, 11) is -4.16. The predicted molar refractivity (Wildman–Crippen MR) is 93.8 cm³/mol. The van der Waals surface area contributed by atoms with Gasteiger partial charge in [0, 0.05) is 0 Å². The standard InChI is InChI=1S/C18H30O4S/c1-4-5-6-7-8-9-10-11-12-22-18-15(2)13-17(14-16(18)3)23(19,20)21/h13-14H,4-12H2,1-3H3,(H,19,20,21). The Hall–Kier alpha value is -1.07. The van der Waals surface area contributed by atoms with Crippen LogP contribution in [0.25, 0.3) is 0 Å². The van der Waals surface area contributed by atoms with E-state index in [0.29, 0.717) is 6.61 Å². The lowest BCUT2D eigenvalue weighted by Crippen LogP contribution is -2.04. The van der Waals surface area contributed by atoms with Crippen LogP contribution in [0.2, 0.25) is 0 Å². The summed E-state index contributed by atoms with van der Waals surface area (Å²) in [5.74, 6) is 0.723. The lowest BCUT2D eigenvalue weighted by Gasteiger charge is -2.13. The average Bonchev–Trinajstić information content (AvgIpc) is 2.46. The van der Waals surface area contributed by atoms with Gasteiger partial charge in [0.05, 0.1) is 11.5 Å². The van der Waals surface area contributed by atoms with Crippen molar-refractivity contribution in [2.24, 2.45) is 0 Å². The van der Waals surface area contributed by atoms with Gasteiger partial charge in [-0.3, -0.25) is 4.55 Å². The molecule has 1 N–H and O–H groups in total. The fourth-order valence-corrected chi connectivity index (χ4v) is 3.35. The second-order valence-electron chi connectivity index (χ2n) is 6.18. The van der Waals surface area contributed by atoms with Crippen molar-refractivity contribution in [1.82, 2.24) is 0 Å². The molecule has 0 amide bonds. The highest BCUT2D eigenvalue weighted by Gasteiger charge is 2.14. The molecule has 0 aliphatic carbocycles. The van der Waals surface area contributed by atoms with Gasteiger partial charge < -0.3 is 4.74 Å². The predicted octanol–water partition coefficient (Wildman–Crippen LogP) is 5.07. The molecular weight excluding hydrogens is 312 g/mol. The summed E-state index contributed by atoms with van der Waals surface area (Å²) in [5, 5.41) is 0. The Morgan fingerprint density at radius 2 is 1.39 bits per heavy atom. The van der Waals surface area contributed by atoms with E-state index in [9.17, 15) is 8.42 Å². The van der Waals surface area contributed by atoms with Crippen LogP contribution in [-0.4, -0.2) is 19.6 Å². The molecule has 0 aliphatic heterocycles. The molecule has 23 heavy (non-hydrogen) atoms. The molecule has 5 heteroatoms. The zero-order chi connectivity index (χ0) is 17.3. The van der Waals surface area contributed by atoms with Crippen LogP contribution in [0.3, 0.4) is 0 Å². The summed E-state index contributed by atoms with van der Waals surface area (Å²) in [5.41, 5.74) is 1.47. The van der Waals surface area contributed by atoms with E-state index in [1.807, 2.05) is 0 Å². The average molecular weight is 343 g/mol. The van der Waals surface area contributed by atoms with Gasteiger partial charge in [-0.25, -0.2) is 0 Å². The zero-order valence-electron chi connectivity index (χ0n) is 14.6. The number of benzene rings is 1. The lowest BCUT2D eigenvalue weighted by molar-refractivity contribution is 0.300. The maximum Gasteiger partial charge on any atom is 0.294 e. The van der Waals surface area contributed by atoms with Gasteiger partial charge in [0.2, 0.25) is 0 Å². The molecule has 132 valence electrons. The fourth-order valence-electron chi connectivity index (χ4n) is 2.70. The van der Waals surface area contributed by atoms with E-state index >= 15 is 0 Å². The number of ether oxygens (including phenoxy) is 1. The van der Waals surface area contributed by atoms with Crippen LogP contribution in [0.4, 0.5) is 0 Å². The second kappa shape index (κ2) is 9.93. The van der Waals surface area contributed by atoms with Gasteiger partial charge in [0.25, 0.3) is 10.1 Å². The summed E-state index contributed by atoms with van der Waals surface area (Å²) in [6, 6.07) is 2.90. The van der Waals surface area contributed by atoms with Crippen molar-refractivity contribution in [2.45, 2.75) is 77.0 Å². The lowest BCUT2D eigenvalue weighted by atomic mass is 10.1. The molecule has 0 saturated heterocycles. The van der Waals surface area contributed by atoms with Crippen LogP contribution in [0.5, 0.6) is 5.75 Å². The highest BCUT2D eigenvalue weighted by atomic mass is 32.2. The van der Waals surface area contributed by atoms with E-state index in [-0.39, 0.29) is 4.90 Å². The zero-order valence-corrected chi connectivity index (χ0v) is 15.4. The summed E-state index contributed by atoms with van der Waals surface area (Å²) in [6.07, 6.45) is 9.98. The summed E-state index contributed by atoms with van der Waals surface area (Å²) in [4.78, 5) is -0.0769. The Labute approximate surface area is 141 Å². The van der Waals surface area contributed by atoms with Gasteiger partial charge in [0.1, 0.15) is 5.75 Å². The van der Waals surface area contributed by atoms with E-state index in [0.717, 1.165) is 29.7 Å². The monoisotopic (exact) mass is 342 g/mol. The SMILES string of the molecule is CCCCCCCCCCOc1c(C)cc(S(=O)(=O)O)cc1C. The van der Waals surface area contributed by atoms with Gasteiger partial charge in [-0.15, -0.1) is 0 Å². The van der Waals surface area contributed by atoms with Gasteiger partial charge in [-0.1, -0.05) is 51.9 Å². The fraction of sp³-hybridized carbons (Fsp3) is 0.667. The van der Waals surface area contributed by atoms with Crippen LogP contribution in [0, 0.1) is 13.8 Å². The first-order valence-corrected chi connectivity index (χ1v) is 10.0. The molecule has 0 unspecified atom stereocenters. The quantitative estimate of drug-likeness (QED) is 0.450. The second-order valence-corrected chi connectivity index (χ2v) is 7.61. The minimum atomic E-state index is -4.16. The molecule has 4 nitrogen and oxygen atoms in total. The summed E-state index contributed by atoms with van der Waals surface area (Å²) in [6.45, 7) is 6.46.